The van der Waals surface area contributed by atoms with Crippen molar-refractivity contribution in [2.75, 3.05) is 25.6 Å². The average Bonchev–Trinajstić information content (AvgIpc) is 2.92. The number of carbonyl (C=O) groups is 1. The molecule has 0 fully saturated rings. The van der Waals surface area contributed by atoms with E-state index in [1.165, 1.54) is 7.11 Å². The van der Waals surface area contributed by atoms with Crippen LogP contribution in [0.2, 0.25) is 0 Å². The quantitative estimate of drug-likeness (QED) is 0.236. The van der Waals surface area contributed by atoms with E-state index in [4.69, 9.17) is 19.5 Å². The zero-order valence-corrected chi connectivity index (χ0v) is 21.3. The molecular formula is C30H34N2O4. The zero-order chi connectivity index (χ0) is 25.8. The molecule has 1 unspecified atom stereocenters. The molecule has 0 aliphatic rings. The van der Waals surface area contributed by atoms with Gasteiger partial charge in [0.1, 0.15) is 12.4 Å². The van der Waals surface area contributed by atoms with E-state index in [1.807, 2.05) is 36.4 Å². The van der Waals surface area contributed by atoms with Gasteiger partial charge >= 0.3 is 5.97 Å². The second-order valence-corrected chi connectivity index (χ2v) is 8.45. The monoisotopic (exact) mass is 486 g/mol. The van der Waals surface area contributed by atoms with E-state index in [0.29, 0.717) is 36.8 Å². The SMILES string of the molecule is CCCc1cc(CC)cc(C(Nc2ccc(C#N)cc2)C(=O)OC)c1OCCOCc1ccccc1. The van der Waals surface area contributed by atoms with Crippen LogP contribution in [0.15, 0.2) is 66.7 Å². The Hall–Kier alpha value is -3.82. The number of nitriles is 1. The summed E-state index contributed by atoms with van der Waals surface area (Å²) in [7, 11) is 1.38. The fourth-order valence-electron chi connectivity index (χ4n) is 3.99. The van der Waals surface area contributed by atoms with Gasteiger partial charge in [0.05, 0.1) is 32.0 Å². The largest absolute Gasteiger partial charge is 0.491 e. The van der Waals surface area contributed by atoms with E-state index in [1.54, 1.807) is 24.3 Å². The third-order valence-corrected chi connectivity index (χ3v) is 5.84. The van der Waals surface area contributed by atoms with E-state index in [0.717, 1.165) is 41.5 Å². The molecule has 0 spiro atoms. The molecule has 6 nitrogen and oxygen atoms in total. The fourth-order valence-corrected chi connectivity index (χ4v) is 3.99. The van der Waals surface area contributed by atoms with Crippen LogP contribution in [-0.2, 0) is 33.7 Å². The summed E-state index contributed by atoms with van der Waals surface area (Å²) in [4.78, 5) is 13.0. The molecule has 0 aliphatic carbocycles. The third kappa shape index (κ3) is 7.34. The maximum absolute atomic E-state index is 13.0. The number of esters is 1. The van der Waals surface area contributed by atoms with Crippen LogP contribution in [0, 0.1) is 11.3 Å². The van der Waals surface area contributed by atoms with Crippen molar-refractivity contribution >= 4 is 11.7 Å². The van der Waals surface area contributed by atoms with Crippen LogP contribution in [0.3, 0.4) is 0 Å². The molecule has 3 aromatic carbocycles. The van der Waals surface area contributed by atoms with Crippen LogP contribution in [0.5, 0.6) is 5.75 Å². The molecule has 0 aliphatic heterocycles. The number of rotatable bonds is 13. The van der Waals surface area contributed by atoms with Gasteiger partial charge in [-0.1, -0.05) is 56.7 Å². The standard InChI is InChI=1S/C30H34N2O4/c1-4-9-25-18-22(5-2)19-27(29(25)36-17-16-35-21-24-10-7-6-8-11-24)28(30(33)34-3)32-26-14-12-23(20-31)13-15-26/h6-8,10-15,18-19,28,32H,4-5,9,16-17,21H2,1-3H3. The van der Waals surface area contributed by atoms with Gasteiger partial charge in [-0.3, -0.25) is 0 Å². The summed E-state index contributed by atoms with van der Waals surface area (Å²) in [5.41, 5.74) is 5.28. The Labute approximate surface area is 213 Å². The Kier molecular flexibility index (Phi) is 10.3. The Morgan fingerprint density at radius 1 is 1.00 bits per heavy atom. The summed E-state index contributed by atoms with van der Waals surface area (Å²) in [5.74, 6) is 0.272. The van der Waals surface area contributed by atoms with Gasteiger partial charge in [-0.25, -0.2) is 4.79 Å². The molecular weight excluding hydrogens is 452 g/mol. The number of hydrogen-bond donors (Lipinski definition) is 1. The molecule has 1 N–H and O–H groups in total. The molecule has 0 bridgehead atoms. The minimum atomic E-state index is -0.773. The first-order valence-electron chi connectivity index (χ1n) is 12.3. The molecule has 3 aromatic rings. The average molecular weight is 487 g/mol. The maximum Gasteiger partial charge on any atom is 0.333 e. The molecule has 0 amide bonds. The van der Waals surface area contributed by atoms with Gasteiger partial charge in [-0.05, 0) is 59.9 Å². The number of nitrogens with zero attached hydrogens (tertiary/aromatic N) is 1. The second kappa shape index (κ2) is 13.9. The van der Waals surface area contributed by atoms with E-state index in [2.05, 4.69) is 31.3 Å². The number of benzene rings is 3. The Morgan fingerprint density at radius 3 is 2.39 bits per heavy atom. The third-order valence-electron chi connectivity index (χ3n) is 5.84. The van der Waals surface area contributed by atoms with Crippen molar-refractivity contribution in [3.8, 4) is 11.8 Å². The van der Waals surface area contributed by atoms with Crippen molar-refractivity contribution < 1.29 is 19.0 Å². The molecule has 0 aromatic heterocycles. The van der Waals surface area contributed by atoms with Crippen LogP contribution in [0.4, 0.5) is 5.69 Å². The molecule has 3 rings (SSSR count). The Bertz CT molecular complexity index is 1150. The molecule has 0 radical (unpaired) electrons. The van der Waals surface area contributed by atoms with Crippen LogP contribution in [0.25, 0.3) is 0 Å². The molecule has 0 heterocycles. The number of aryl methyl sites for hydroxylation is 2. The van der Waals surface area contributed by atoms with Crippen LogP contribution in [-0.4, -0.2) is 26.3 Å². The number of methoxy groups -OCH3 is 1. The van der Waals surface area contributed by atoms with Crippen molar-refractivity contribution in [1.82, 2.24) is 0 Å². The summed E-state index contributed by atoms with van der Waals surface area (Å²) >= 11 is 0. The van der Waals surface area contributed by atoms with Crippen LogP contribution >= 0.6 is 0 Å². The number of anilines is 1. The molecule has 1 atom stereocenters. The first-order valence-corrected chi connectivity index (χ1v) is 12.3. The fraction of sp³-hybridized carbons (Fsp3) is 0.333. The Morgan fingerprint density at radius 2 is 1.75 bits per heavy atom. The first kappa shape index (κ1) is 26.8. The number of hydrogen-bond acceptors (Lipinski definition) is 6. The van der Waals surface area contributed by atoms with Gasteiger partial charge in [0, 0.05) is 11.3 Å². The highest BCUT2D eigenvalue weighted by Crippen LogP contribution is 2.35. The van der Waals surface area contributed by atoms with E-state index in [9.17, 15) is 4.79 Å². The van der Waals surface area contributed by atoms with Gasteiger partial charge < -0.3 is 19.5 Å². The topological polar surface area (TPSA) is 80.6 Å². The number of carbonyl (C=O) groups excluding carboxylic acids is 1. The van der Waals surface area contributed by atoms with Crippen molar-refractivity contribution in [3.05, 3.63) is 94.5 Å². The lowest BCUT2D eigenvalue weighted by Crippen LogP contribution is -2.24. The molecule has 188 valence electrons. The highest BCUT2D eigenvalue weighted by molar-refractivity contribution is 5.82. The summed E-state index contributed by atoms with van der Waals surface area (Å²) in [5, 5.41) is 12.4. The predicted octanol–water partition coefficient (Wildman–Crippen LogP) is 5.99. The first-order chi connectivity index (χ1) is 17.6. The summed E-state index contributed by atoms with van der Waals surface area (Å²) in [6, 6.07) is 22.5. The van der Waals surface area contributed by atoms with Gasteiger partial charge in [0.2, 0.25) is 0 Å². The van der Waals surface area contributed by atoms with Gasteiger partial charge in [0.15, 0.2) is 6.04 Å². The van der Waals surface area contributed by atoms with Crippen molar-refractivity contribution in [2.24, 2.45) is 0 Å². The lowest BCUT2D eigenvalue weighted by Gasteiger charge is -2.24. The summed E-state index contributed by atoms with van der Waals surface area (Å²) in [6.07, 6.45) is 2.60. The maximum atomic E-state index is 13.0. The summed E-state index contributed by atoms with van der Waals surface area (Å²) in [6.45, 7) is 5.50. The summed E-state index contributed by atoms with van der Waals surface area (Å²) < 4.78 is 17.3. The molecule has 6 heteroatoms. The predicted molar refractivity (Wildman–Crippen MR) is 141 cm³/mol. The highest BCUT2D eigenvalue weighted by Gasteiger charge is 2.27. The lowest BCUT2D eigenvalue weighted by molar-refractivity contribution is -0.141. The normalized spacial score (nSPS) is 11.4. The van der Waals surface area contributed by atoms with Crippen molar-refractivity contribution in [3.63, 3.8) is 0 Å². The van der Waals surface area contributed by atoms with Crippen LogP contribution in [0.1, 0.15) is 54.1 Å². The smallest absolute Gasteiger partial charge is 0.333 e. The number of nitrogens with one attached hydrogen (secondary N) is 1. The minimum Gasteiger partial charge on any atom is -0.491 e. The Balaban J connectivity index is 1.87. The van der Waals surface area contributed by atoms with Gasteiger partial charge in [0.25, 0.3) is 0 Å². The zero-order valence-electron chi connectivity index (χ0n) is 21.3. The minimum absolute atomic E-state index is 0.354. The van der Waals surface area contributed by atoms with Crippen LogP contribution < -0.4 is 10.1 Å². The lowest BCUT2D eigenvalue weighted by atomic mass is 9.95. The van der Waals surface area contributed by atoms with E-state index >= 15 is 0 Å². The number of ether oxygens (including phenoxy) is 3. The van der Waals surface area contributed by atoms with Gasteiger partial charge in [-0.2, -0.15) is 5.26 Å². The molecule has 0 saturated carbocycles. The van der Waals surface area contributed by atoms with E-state index in [-0.39, 0.29) is 0 Å². The molecule has 0 saturated heterocycles. The molecule has 36 heavy (non-hydrogen) atoms. The highest BCUT2D eigenvalue weighted by atomic mass is 16.5. The van der Waals surface area contributed by atoms with E-state index < -0.39 is 12.0 Å². The van der Waals surface area contributed by atoms with Gasteiger partial charge in [-0.15, -0.1) is 0 Å². The second-order valence-electron chi connectivity index (χ2n) is 8.45. The van der Waals surface area contributed by atoms with Crippen molar-refractivity contribution in [2.45, 2.75) is 45.8 Å². The van der Waals surface area contributed by atoms with Crippen molar-refractivity contribution in [1.29, 1.82) is 5.26 Å².